The van der Waals surface area contributed by atoms with Crippen molar-refractivity contribution in [2.24, 2.45) is 11.8 Å². The van der Waals surface area contributed by atoms with Crippen LogP contribution in [0.2, 0.25) is 0 Å². The molecule has 2 saturated carbocycles. The number of ether oxygens (including phenoxy) is 1. The van der Waals surface area contributed by atoms with Gasteiger partial charge in [0.15, 0.2) is 0 Å². The van der Waals surface area contributed by atoms with Gasteiger partial charge in [-0.3, -0.25) is 0 Å². The van der Waals surface area contributed by atoms with E-state index in [9.17, 15) is 9.90 Å². The molecule has 0 heterocycles. The Balaban J connectivity index is 2.15. The molecule has 3 heteroatoms. The Kier molecular flexibility index (Phi) is 4.10. The molecule has 0 aliphatic heterocycles. The second-order valence-corrected chi connectivity index (χ2v) is 5.66. The van der Waals surface area contributed by atoms with Crippen LogP contribution in [0.1, 0.15) is 51.9 Å². The van der Waals surface area contributed by atoms with Crippen molar-refractivity contribution in [2.75, 3.05) is 6.61 Å². The van der Waals surface area contributed by atoms with Gasteiger partial charge in [0.2, 0.25) is 0 Å². The number of rotatable bonds is 3. The zero-order valence-electron chi connectivity index (χ0n) is 11.3. The zero-order chi connectivity index (χ0) is 13.2. The van der Waals surface area contributed by atoms with Gasteiger partial charge in [-0.05, 0) is 38.5 Å². The first-order chi connectivity index (χ1) is 8.59. The smallest absolute Gasteiger partial charge is 0.333 e. The molecule has 2 aliphatic rings. The topological polar surface area (TPSA) is 46.5 Å². The summed E-state index contributed by atoms with van der Waals surface area (Å²) in [6.45, 7) is 6.06. The van der Waals surface area contributed by atoms with Crippen LogP contribution in [0.5, 0.6) is 0 Å². The van der Waals surface area contributed by atoms with E-state index in [1.54, 1.807) is 6.92 Å². The first-order valence-electron chi connectivity index (χ1n) is 7.18. The molecule has 3 nitrogen and oxygen atoms in total. The molecule has 0 radical (unpaired) electrons. The molecular formula is C15H24O3. The third-order valence-electron chi connectivity index (χ3n) is 4.69. The molecule has 0 unspecified atom stereocenters. The molecule has 18 heavy (non-hydrogen) atoms. The summed E-state index contributed by atoms with van der Waals surface area (Å²) in [5.74, 6) is -0.0890. The average molecular weight is 252 g/mol. The second kappa shape index (κ2) is 5.43. The van der Waals surface area contributed by atoms with E-state index in [0.29, 0.717) is 18.1 Å². The fourth-order valence-corrected chi connectivity index (χ4v) is 3.77. The van der Waals surface area contributed by atoms with Crippen LogP contribution in [0.3, 0.4) is 0 Å². The highest BCUT2D eigenvalue weighted by molar-refractivity contribution is 5.88. The first-order valence-corrected chi connectivity index (χ1v) is 7.18. The lowest BCUT2D eigenvalue weighted by Gasteiger charge is -2.49. The highest BCUT2D eigenvalue weighted by Gasteiger charge is 2.49. The molecule has 2 aliphatic carbocycles. The number of hydrogen-bond donors (Lipinski definition) is 1. The van der Waals surface area contributed by atoms with E-state index >= 15 is 0 Å². The lowest BCUT2D eigenvalue weighted by atomic mass is 9.60. The standard InChI is InChI=1S/C15H24O3/c1-3-18-14(16)11(2)13-9-6-8-12-7-4-5-10-15(12,13)17/h12-13,17H,2-10H2,1H3/t12-,13+,15-/m1/s1. The molecule has 0 bridgehead atoms. The summed E-state index contributed by atoms with van der Waals surface area (Å²) in [6, 6.07) is 0. The van der Waals surface area contributed by atoms with Gasteiger partial charge in [-0.1, -0.05) is 25.8 Å². The Morgan fingerprint density at radius 1 is 1.33 bits per heavy atom. The molecular weight excluding hydrogens is 228 g/mol. The van der Waals surface area contributed by atoms with Crippen LogP contribution in [0.15, 0.2) is 12.2 Å². The van der Waals surface area contributed by atoms with E-state index in [1.807, 2.05) is 0 Å². The molecule has 0 aromatic rings. The highest BCUT2D eigenvalue weighted by atomic mass is 16.5. The molecule has 0 amide bonds. The number of esters is 1. The molecule has 2 rings (SSSR count). The Morgan fingerprint density at radius 3 is 2.78 bits per heavy atom. The van der Waals surface area contributed by atoms with Gasteiger partial charge in [0.25, 0.3) is 0 Å². The third-order valence-corrected chi connectivity index (χ3v) is 4.69. The van der Waals surface area contributed by atoms with Crippen LogP contribution in [-0.2, 0) is 9.53 Å². The summed E-state index contributed by atoms with van der Waals surface area (Å²) < 4.78 is 5.03. The van der Waals surface area contributed by atoms with Gasteiger partial charge in [-0.2, -0.15) is 0 Å². The van der Waals surface area contributed by atoms with Crippen molar-refractivity contribution in [3.63, 3.8) is 0 Å². The summed E-state index contributed by atoms with van der Waals surface area (Å²) in [5.41, 5.74) is -0.230. The van der Waals surface area contributed by atoms with Crippen molar-refractivity contribution in [3.05, 3.63) is 12.2 Å². The maximum Gasteiger partial charge on any atom is 0.333 e. The fraction of sp³-hybridized carbons (Fsp3) is 0.800. The Hall–Kier alpha value is -0.830. The molecule has 0 saturated heterocycles. The molecule has 1 N–H and O–H groups in total. The molecule has 3 atom stereocenters. The molecule has 0 aromatic heterocycles. The van der Waals surface area contributed by atoms with E-state index in [0.717, 1.165) is 38.5 Å². The predicted octanol–water partition coefficient (Wildman–Crippen LogP) is 2.83. The van der Waals surface area contributed by atoms with E-state index in [1.165, 1.54) is 6.42 Å². The Labute approximate surface area is 109 Å². The van der Waals surface area contributed by atoms with E-state index < -0.39 is 5.60 Å². The summed E-state index contributed by atoms with van der Waals surface area (Å²) in [5, 5.41) is 11.0. The lowest BCUT2D eigenvalue weighted by Crippen LogP contribution is -2.51. The van der Waals surface area contributed by atoms with Gasteiger partial charge in [0.1, 0.15) is 0 Å². The number of carbonyl (C=O) groups is 1. The predicted molar refractivity (Wildman–Crippen MR) is 70.0 cm³/mol. The van der Waals surface area contributed by atoms with Crippen LogP contribution >= 0.6 is 0 Å². The van der Waals surface area contributed by atoms with Crippen molar-refractivity contribution < 1.29 is 14.6 Å². The zero-order valence-corrected chi connectivity index (χ0v) is 11.3. The van der Waals surface area contributed by atoms with Crippen LogP contribution in [0.25, 0.3) is 0 Å². The quantitative estimate of drug-likeness (QED) is 0.620. The van der Waals surface area contributed by atoms with Crippen molar-refractivity contribution in [1.82, 2.24) is 0 Å². The molecule has 2 fully saturated rings. The number of fused-ring (bicyclic) bond motifs is 1. The summed E-state index contributed by atoms with van der Waals surface area (Å²) in [7, 11) is 0. The van der Waals surface area contributed by atoms with Crippen LogP contribution in [0, 0.1) is 11.8 Å². The van der Waals surface area contributed by atoms with Crippen LogP contribution < -0.4 is 0 Å². The molecule has 0 spiro atoms. The number of carbonyl (C=O) groups excluding carboxylic acids is 1. The van der Waals surface area contributed by atoms with Gasteiger partial charge in [-0.15, -0.1) is 0 Å². The van der Waals surface area contributed by atoms with Crippen molar-refractivity contribution in [2.45, 2.75) is 57.5 Å². The van der Waals surface area contributed by atoms with Gasteiger partial charge in [-0.25, -0.2) is 4.79 Å². The monoisotopic (exact) mass is 252 g/mol. The van der Waals surface area contributed by atoms with Gasteiger partial charge >= 0.3 is 5.97 Å². The fourth-order valence-electron chi connectivity index (χ4n) is 3.77. The van der Waals surface area contributed by atoms with Crippen LogP contribution in [0.4, 0.5) is 0 Å². The van der Waals surface area contributed by atoms with Gasteiger partial charge in [0.05, 0.1) is 12.2 Å². The maximum absolute atomic E-state index is 11.8. The molecule has 102 valence electrons. The Morgan fingerprint density at radius 2 is 2.06 bits per heavy atom. The third kappa shape index (κ3) is 2.33. The largest absolute Gasteiger partial charge is 0.463 e. The average Bonchev–Trinajstić information content (AvgIpc) is 2.37. The normalized spacial score (nSPS) is 35.7. The summed E-state index contributed by atoms with van der Waals surface area (Å²) >= 11 is 0. The number of hydrogen-bond acceptors (Lipinski definition) is 3. The van der Waals surface area contributed by atoms with Crippen molar-refractivity contribution in [3.8, 4) is 0 Å². The number of aliphatic hydroxyl groups is 1. The van der Waals surface area contributed by atoms with Crippen LogP contribution in [-0.4, -0.2) is 23.3 Å². The summed E-state index contributed by atoms with van der Waals surface area (Å²) in [4.78, 5) is 11.8. The van der Waals surface area contributed by atoms with Gasteiger partial charge < -0.3 is 9.84 Å². The minimum Gasteiger partial charge on any atom is -0.463 e. The minimum absolute atomic E-state index is 0.101. The summed E-state index contributed by atoms with van der Waals surface area (Å²) in [6.07, 6.45) is 7.18. The lowest BCUT2D eigenvalue weighted by molar-refractivity contribution is -0.145. The molecule has 0 aromatic carbocycles. The van der Waals surface area contributed by atoms with Crippen molar-refractivity contribution in [1.29, 1.82) is 0 Å². The minimum atomic E-state index is -0.708. The second-order valence-electron chi connectivity index (χ2n) is 5.66. The van der Waals surface area contributed by atoms with E-state index in [-0.39, 0.29) is 11.9 Å². The first kappa shape index (κ1) is 13.6. The van der Waals surface area contributed by atoms with E-state index in [2.05, 4.69) is 6.58 Å². The van der Waals surface area contributed by atoms with Gasteiger partial charge in [0, 0.05) is 11.5 Å². The SMILES string of the molecule is C=C(C(=O)OCC)[C@@H]1CCC[C@H]2CCCC[C@@]21O. The Bertz CT molecular complexity index is 335. The van der Waals surface area contributed by atoms with E-state index in [4.69, 9.17) is 4.74 Å². The van der Waals surface area contributed by atoms with Crippen molar-refractivity contribution >= 4 is 5.97 Å². The highest BCUT2D eigenvalue weighted by Crippen LogP contribution is 2.49. The maximum atomic E-state index is 11.8.